The minimum atomic E-state index is 0.791. The standard InChI is InChI=1S/C17H15N3/c1-14-7-6-11-17-19-16(13-20(14)17)10-3-2-8-15-9-4-5-12-18-15/h4-7,9,11-13H,3,10H2,1H3. The van der Waals surface area contributed by atoms with Gasteiger partial charge in [0.2, 0.25) is 0 Å². The summed E-state index contributed by atoms with van der Waals surface area (Å²) < 4.78 is 2.11. The highest BCUT2D eigenvalue weighted by Gasteiger charge is 2.01. The maximum Gasteiger partial charge on any atom is 0.137 e. The van der Waals surface area contributed by atoms with Gasteiger partial charge in [-0.3, -0.25) is 0 Å². The van der Waals surface area contributed by atoms with Crippen molar-refractivity contribution >= 4 is 5.65 Å². The summed E-state index contributed by atoms with van der Waals surface area (Å²) in [5, 5.41) is 0. The lowest BCUT2D eigenvalue weighted by atomic mass is 10.2. The molecule has 0 aliphatic carbocycles. The first-order valence-electron chi connectivity index (χ1n) is 6.66. The third-order valence-corrected chi connectivity index (χ3v) is 3.13. The Morgan fingerprint density at radius 2 is 2.10 bits per heavy atom. The Balaban J connectivity index is 1.69. The van der Waals surface area contributed by atoms with Crippen molar-refractivity contribution in [2.24, 2.45) is 0 Å². The van der Waals surface area contributed by atoms with E-state index < -0.39 is 0 Å². The zero-order chi connectivity index (χ0) is 13.8. The average molecular weight is 261 g/mol. The van der Waals surface area contributed by atoms with E-state index in [9.17, 15) is 0 Å². The predicted octanol–water partition coefficient (Wildman–Crippen LogP) is 3.02. The molecule has 0 atom stereocenters. The number of rotatable bonds is 2. The van der Waals surface area contributed by atoms with Crippen molar-refractivity contribution in [3.05, 3.63) is 65.9 Å². The van der Waals surface area contributed by atoms with E-state index in [2.05, 4.69) is 45.4 Å². The van der Waals surface area contributed by atoms with Gasteiger partial charge in [0.25, 0.3) is 0 Å². The molecule has 0 aliphatic heterocycles. The maximum atomic E-state index is 4.60. The third kappa shape index (κ3) is 2.70. The summed E-state index contributed by atoms with van der Waals surface area (Å²) in [6, 6.07) is 11.9. The number of fused-ring (bicyclic) bond motifs is 1. The van der Waals surface area contributed by atoms with Gasteiger partial charge in [-0.25, -0.2) is 9.97 Å². The van der Waals surface area contributed by atoms with Gasteiger partial charge in [-0.15, -0.1) is 0 Å². The Labute approximate surface area is 118 Å². The molecule has 3 aromatic heterocycles. The molecule has 98 valence electrons. The first-order valence-corrected chi connectivity index (χ1v) is 6.66. The molecule has 3 aromatic rings. The molecule has 0 saturated heterocycles. The van der Waals surface area contributed by atoms with Gasteiger partial charge in [0.1, 0.15) is 11.3 Å². The second kappa shape index (κ2) is 5.58. The fourth-order valence-electron chi connectivity index (χ4n) is 2.10. The minimum absolute atomic E-state index is 0.791. The Morgan fingerprint density at radius 3 is 2.90 bits per heavy atom. The number of hydrogen-bond donors (Lipinski definition) is 0. The molecule has 3 heteroatoms. The highest BCUT2D eigenvalue weighted by atomic mass is 15.0. The van der Waals surface area contributed by atoms with E-state index in [1.807, 2.05) is 30.3 Å². The van der Waals surface area contributed by atoms with Gasteiger partial charge in [-0.05, 0) is 37.1 Å². The number of aromatic nitrogens is 3. The fraction of sp³-hybridized carbons (Fsp3) is 0.176. The lowest BCUT2D eigenvalue weighted by Gasteiger charge is -1.95. The Kier molecular flexibility index (Phi) is 3.47. The molecule has 20 heavy (non-hydrogen) atoms. The number of nitrogens with zero attached hydrogens (tertiary/aromatic N) is 3. The summed E-state index contributed by atoms with van der Waals surface area (Å²) in [5.41, 5.74) is 4.09. The summed E-state index contributed by atoms with van der Waals surface area (Å²) in [6.07, 6.45) is 5.50. The summed E-state index contributed by atoms with van der Waals surface area (Å²) in [6.45, 7) is 2.08. The van der Waals surface area contributed by atoms with Crippen LogP contribution in [-0.4, -0.2) is 14.4 Å². The second-order valence-corrected chi connectivity index (χ2v) is 4.64. The molecule has 0 radical (unpaired) electrons. The number of imidazole rings is 1. The molecule has 0 fully saturated rings. The molecule has 0 aliphatic rings. The van der Waals surface area contributed by atoms with Crippen LogP contribution in [0.4, 0.5) is 0 Å². The van der Waals surface area contributed by atoms with E-state index in [-0.39, 0.29) is 0 Å². The van der Waals surface area contributed by atoms with Crippen LogP contribution in [0.15, 0.2) is 48.8 Å². The highest BCUT2D eigenvalue weighted by molar-refractivity contribution is 5.41. The van der Waals surface area contributed by atoms with E-state index in [4.69, 9.17) is 0 Å². The van der Waals surface area contributed by atoms with Gasteiger partial charge < -0.3 is 4.40 Å². The number of aryl methyl sites for hydroxylation is 2. The molecular weight excluding hydrogens is 246 g/mol. The second-order valence-electron chi connectivity index (χ2n) is 4.64. The van der Waals surface area contributed by atoms with Gasteiger partial charge >= 0.3 is 0 Å². The van der Waals surface area contributed by atoms with Crippen molar-refractivity contribution < 1.29 is 0 Å². The van der Waals surface area contributed by atoms with Crippen molar-refractivity contribution in [2.45, 2.75) is 19.8 Å². The maximum absolute atomic E-state index is 4.60. The van der Waals surface area contributed by atoms with E-state index in [0.29, 0.717) is 0 Å². The molecule has 3 heterocycles. The number of hydrogen-bond acceptors (Lipinski definition) is 2. The Hall–Kier alpha value is -2.60. The molecule has 0 spiro atoms. The fourth-order valence-corrected chi connectivity index (χ4v) is 2.10. The molecule has 0 bridgehead atoms. The summed E-state index contributed by atoms with van der Waals surface area (Å²) in [4.78, 5) is 8.77. The third-order valence-electron chi connectivity index (χ3n) is 3.13. The molecule has 3 rings (SSSR count). The predicted molar refractivity (Wildman–Crippen MR) is 79.4 cm³/mol. The molecule has 0 N–H and O–H groups in total. The first kappa shape index (κ1) is 12.4. The normalized spacial score (nSPS) is 10.2. The van der Waals surface area contributed by atoms with E-state index in [1.54, 1.807) is 6.20 Å². The van der Waals surface area contributed by atoms with Crippen LogP contribution in [0.3, 0.4) is 0 Å². The summed E-state index contributed by atoms with van der Waals surface area (Å²) in [5.74, 6) is 6.21. The molecule has 0 amide bonds. The van der Waals surface area contributed by atoms with Crippen LogP contribution in [0.25, 0.3) is 5.65 Å². The quantitative estimate of drug-likeness (QED) is 0.664. The lowest BCUT2D eigenvalue weighted by Crippen LogP contribution is -1.86. The molecule has 3 nitrogen and oxygen atoms in total. The lowest BCUT2D eigenvalue weighted by molar-refractivity contribution is 0.980. The number of pyridine rings is 2. The van der Waals surface area contributed by atoms with Crippen LogP contribution in [0.1, 0.15) is 23.5 Å². The van der Waals surface area contributed by atoms with Gasteiger partial charge in [0.15, 0.2) is 0 Å². The SMILES string of the molecule is Cc1cccc2nc(CCC#Cc3ccccn3)cn12. The van der Waals surface area contributed by atoms with Crippen molar-refractivity contribution in [2.75, 3.05) is 0 Å². The van der Waals surface area contributed by atoms with Gasteiger partial charge in [0, 0.05) is 30.9 Å². The highest BCUT2D eigenvalue weighted by Crippen LogP contribution is 2.09. The van der Waals surface area contributed by atoms with Crippen LogP contribution in [0, 0.1) is 18.8 Å². The van der Waals surface area contributed by atoms with Crippen molar-refractivity contribution in [1.29, 1.82) is 0 Å². The Bertz CT molecular complexity index is 776. The van der Waals surface area contributed by atoms with Crippen molar-refractivity contribution in [3.63, 3.8) is 0 Å². The van der Waals surface area contributed by atoms with Crippen LogP contribution in [-0.2, 0) is 6.42 Å². The average Bonchev–Trinajstić information content (AvgIpc) is 2.89. The van der Waals surface area contributed by atoms with E-state index in [1.165, 1.54) is 5.69 Å². The topological polar surface area (TPSA) is 30.2 Å². The molecule has 0 aromatic carbocycles. The van der Waals surface area contributed by atoms with E-state index in [0.717, 1.165) is 29.9 Å². The van der Waals surface area contributed by atoms with Crippen LogP contribution < -0.4 is 0 Å². The first-order chi connectivity index (χ1) is 9.83. The zero-order valence-corrected chi connectivity index (χ0v) is 11.4. The minimum Gasteiger partial charge on any atom is -0.304 e. The summed E-state index contributed by atoms with van der Waals surface area (Å²) in [7, 11) is 0. The van der Waals surface area contributed by atoms with Crippen LogP contribution in [0.5, 0.6) is 0 Å². The largest absolute Gasteiger partial charge is 0.304 e. The molecule has 0 unspecified atom stereocenters. The van der Waals surface area contributed by atoms with Crippen LogP contribution in [0.2, 0.25) is 0 Å². The van der Waals surface area contributed by atoms with Gasteiger partial charge in [0.05, 0.1) is 5.69 Å². The van der Waals surface area contributed by atoms with Crippen LogP contribution >= 0.6 is 0 Å². The smallest absolute Gasteiger partial charge is 0.137 e. The van der Waals surface area contributed by atoms with Gasteiger partial charge in [-0.2, -0.15) is 0 Å². The Morgan fingerprint density at radius 1 is 1.15 bits per heavy atom. The zero-order valence-electron chi connectivity index (χ0n) is 11.4. The van der Waals surface area contributed by atoms with Crippen molar-refractivity contribution in [1.82, 2.24) is 14.4 Å². The summed E-state index contributed by atoms with van der Waals surface area (Å²) >= 11 is 0. The van der Waals surface area contributed by atoms with Crippen molar-refractivity contribution in [3.8, 4) is 11.8 Å². The molecular formula is C17H15N3. The van der Waals surface area contributed by atoms with E-state index >= 15 is 0 Å². The molecule has 0 saturated carbocycles. The monoisotopic (exact) mass is 261 g/mol. The van der Waals surface area contributed by atoms with Gasteiger partial charge in [-0.1, -0.05) is 18.1 Å².